The van der Waals surface area contributed by atoms with E-state index >= 15 is 0 Å². The molecule has 0 fully saturated rings. The average molecular weight is 308 g/mol. The number of hydrogen-bond acceptors (Lipinski definition) is 4. The second kappa shape index (κ2) is 5.14. The van der Waals surface area contributed by atoms with E-state index in [-0.39, 0.29) is 18.2 Å². The third-order valence-corrected chi connectivity index (χ3v) is 3.22. The lowest BCUT2D eigenvalue weighted by molar-refractivity contribution is -0.118. The van der Waals surface area contributed by atoms with Gasteiger partial charge < -0.3 is 21.1 Å². The molecule has 0 aliphatic carbocycles. The smallest absolute Gasteiger partial charge is 0.262 e. The number of carbonyl (C=O) groups is 1. The van der Waals surface area contributed by atoms with Gasteiger partial charge in [-0.05, 0) is 24.3 Å². The Labute approximate surface area is 124 Å². The number of carbonyl (C=O) groups excluding carboxylic acids is 1. The van der Waals surface area contributed by atoms with E-state index in [0.29, 0.717) is 27.8 Å². The molecule has 2 aromatic rings. The Morgan fingerprint density at radius 2 is 2.10 bits per heavy atom. The molecule has 21 heavy (non-hydrogen) atoms. The molecule has 0 unspecified atom stereocenters. The number of rotatable bonds is 2. The molecule has 1 heterocycles. The molecule has 0 radical (unpaired) electrons. The number of fused-ring (bicyclic) bond motifs is 1. The quantitative estimate of drug-likeness (QED) is 0.745. The second-order valence-electron chi connectivity index (χ2n) is 4.52. The summed E-state index contributed by atoms with van der Waals surface area (Å²) in [6.07, 6.45) is 0. The Morgan fingerprint density at radius 1 is 1.29 bits per heavy atom. The number of nitrogen functional groups attached to an aromatic ring is 1. The van der Waals surface area contributed by atoms with E-state index in [2.05, 4.69) is 10.6 Å². The predicted octanol–water partition coefficient (Wildman–Crippen LogP) is 3.14. The van der Waals surface area contributed by atoms with Crippen molar-refractivity contribution in [1.29, 1.82) is 0 Å². The summed E-state index contributed by atoms with van der Waals surface area (Å²) in [7, 11) is 0. The summed E-state index contributed by atoms with van der Waals surface area (Å²) in [5, 5.41) is 5.83. The first-order valence-electron chi connectivity index (χ1n) is 6.11. The van der Waals surface area contributed by atoms with Gasteiger partial charge in [-0.25, -0.2) is 4.39 Å². The van der Waals surface area contributed by atoms with Crippen LogP contribution in [0.1, 0.15) is 0 Å². The van der Waals surface area contributed by atoms with E-state index in [0.717, 1.165) is 0 Å². The highest BCUT2D eigenvalue weighted by molar-refractivity contribution is 6.30. The highest BCUT2D eigenvalue weighted by Crippen LogP contribution is 2.36. The number of nitrogens with one attached hydrogen (secondary N) is 2. The minimum absolute atomic E-state index is 0.0506. The number of benzene rings is 2. The third-order valence-electron chi connectivity index (χ3n) is 2.99. The van der Waals surface area contributed by atoms with Crippen LogP contribution in [0.25, 0.3) is 0 Å². The molecule has 0 saturated carbocycles. The molecule has 3 rings (SSSR count). The lowest BCUT2D eigenvalue weighted by atomic mass is 10.2. The van der Waals surface area contributed by atoms with E-state index < -0.39 is 5.82 Å². The van der Waals surface area contributed by atoms with Gasteiger partial charge in [0.15, 0.2) is 6.61 Å². The summed E-state index contributed by atoms with van der Waals surface area (Å²) in [5.41, 5.74) is 7.45. The maximum absolute atomic E-state index is 13.8. The number of halogens is 2. The van der Waals surface area contributed by atoms with E-state index in [9.17, 15) is 9.18 Å². The fraction of sp³-hybridized carbons (Fsp3) is 0.0714. The molecular formula is C14H11ClFN3O2. The van der Waals surface area contributed by atoms with Crippen LogP contribution in [-0.2, 0) is 4.79 Å². The number of amides is 1. The highest BCUT2D eigenvalue weighted by Gasteiger charge is 2.18. The summed E-state index contributed by atoms with van der Waals surface area (Å²) in [6, 6.07) is 7.43. The molecule has 1 amide bonds. The molecule has 0 saturated heterocycles. The monoisotopic (exact) mass is 307 g/mol. The topological polar surface area (TPSA) is 76.4 Å². The predicted molar refractivity (Wildman–Crippen MR) is 79.7 cm³/mol. The Hall–Kier alpha value is -2.47. The van der Waals surface area contributed by atoms with Gasteiger partial charge in [-0.15, -0.1) is 0 Å². The van der Waals surface area contributed by atoms with Crippen molar-refractivity contribution in [2.75, 3.05) is 23.0 Å². The van der Waals surface area contributed by atoms with Crippen molar-refractivity contribution in [2.45, 2.75) is 0 Å². The number of nitrogens with two attached hydrogens (primary N) is 1. The Kier molecular flexibility index (Phi) is 3.31. The first-order valence-corrected chi connectivity index (χ1v) is 6.49. The van der Waals surface area contributed by atoms with Gasteiger partial charge in [0.25, 0.3) is 5.91 Å². The molecule has 5 nitrogen and oxygen atoms in total. The van der Waals surface area contributed by atoms with Crippen molar-refractivity contribution in [2.24, 2.45) is 0 Å². The minimum Gasteiger partial charge on any atom is -0.482 e. The molecule has 7 heteroatoms. The lowest BCUT2D eigenvalue weighted by Crippen LogP contribution is -2.25. The fourth-order valence-corrected chi connectivity index (χ4v) is 2.15. The number of ether oxygens (including phenoxy) is 1. The van der Waals surface area contributed by atoms with Crippen molar-refractivity contribution >= 4 is 40.3 Å². The highest BCUT2D eigenvalue weighted by atomic mass is 35.5. The Balaban J connectivity index is 1.95. The molecule has 108 valence electrons. The van der Waals surface area contributed by atoms with Crippen molar-refractivity contribution in [3.63, 3.8) is 0 Å². The summed E-state index contributed by atoms with van der Waals surface area (Å²) in [4.78, 5) is 11.3. The molecule has 1 aliphatic heterocycles. The first-order chi connectivity index (χ1) is 10.0. The van der Waals surface area contributed by atoms with Gasteiger partial charge in [0.1, 0.15) is 11.6 Å². The number of anilines is 4. The summed E-state index contributed by atoms with van der Waals surface area (Å²) in [6.45, 7) is -0.0506. The maximum atomic E-state index is 13.8. The SMILES string of the molecule is Nc1cc2c(cc1Nc1ccc(Cl)cc1F)NC(=O)CO2. The minimum atomic E-state index is -0.500. The summed E-state index contributed by atoms with van der Waals surface area (Å²) in [5.74, 6) is -0.273. The molecule has 1 aliphatic rings. The van der Waals surface area contributed by atoms with Gasteiger partial charge in [0.05, 0.1) is 22.7 Å². The van der Waals surface area contributed by atoms with E-state index in [1.54, 1.807) is 18.2 Å². The zero-order chi connectivity index (χ0) is 15.0. The van der Waals surface area contributed by atoms with Crippen LogP contribution in [0.3, 0.4) is 0 Å². The van der Waals surface area contributed by atoms with Crippen molar-refractivity contribution < 1.29 is 13.9 Å². The van der Waals surface area contributed by atoms with Crippen molar-refractivity contribution in [3.8, 4) is 5.75 Å². The van der Waals surface area contributed by atoms with Crippen LogP contribution in [0, 0.1) is 5.82 Å². The fourth-order valence-electron chi connectivity index (χ4n) is 1.99. The Bertz CT molecular complexity index is 736. The van der Waals surface area contributed by atoms with E-state index in [1.807, 2.05) is 0 Å². The molecule has 2 aromatic carbocycles. The lowest BCUT2D eigenvalue weighted by Gasteiger charge is -2.20. The second-order valence-corrected chi connectivity index (χ2v) is 4.96. The zero-order valence-electron chi connectivity index (χ0n) is 10.7. The molecule has 0 aromatic heterocycles. The van der Waals surface area contributed by atoms with Gasteiger partial charge in [-0.1, -0.05) is 11.6 Å². The summed E-state index contributed by atoms with van der Waals surface area (Å²) >= 11 is 5.71. The molecule has 0 atom stereocenters. The van der Waals surface area contributed by atoms with Crippen LogP contribution in [0.15, 0.2) is 30.3 Å². The van der Waals surface area contributed by atoms with Gasteiger partial charge in [0.2, 0.25) is 0 Å². The van der Waals surface area contributed by atoms with Crippen molar-refractivity contribution in [1.82, 2.24) is 0 Å². The standard InChI is InChI=1S/C14H11ClFN3O2/c15-7-1-2-10(8(16)3-7)18-11-5-12-13(4-9(11)17)21-6-14(20)19-12/h1-5,18H,6,17H2,(H,19,20). The molecule has 4 N–H and O–H groups in total. The normalized spacial score (nSPS) is 13.1. The van der Waals surface area contributed by atoms with Gasteiger partial charge >= 0.3 is 0 Å². The third kappa shape index (κ3) is 2.71. The largest absolute Gasteiger partial charge is 0.482 e. The molecular weight excluding hydrogens is 297 g/mol. The van der Waals surface area contributed by atoms with Crippen LogP contribution >= 0.6 is 11.6 Å². The zero-order valence-corrected chi connectivity index (χ0v) is 11.5. The van der Waals surface area contributed by atoms with Crippen LogP contribution < -0.4 is 21.1 Å². The van der Waals surface area contributed by atoms with E-state index in [1.165, 1.54) is 12.1 Å². The van der Waals surface area contributed by atoms with Gasteiger partial charge in [-0.3, -0.25) is 4.79 Å². The van der Waals surface area contributed by atoms with Crippen molar-refractivity contribution in [3.05, 3.63) is 41.2 Å². The molecule has 0 spiro atoms. The van der Waals surface area contributed by atoms with Gasteiger partial charge in [-0.2, -0.15) is 0 Å². The average Bonchev–Trinajstić information content (AvgIpc) is 2.43. The van der Waals surface area contributed by atoms with E-state index in [4.69, 9.17) is 22.1 Å². The van der Waals surface area contributed by atoms with Crippen LogP contribution in [-0.4, -0.2) is 12.5 Å². The molecule has 0 bridgehead atoms. The van der Waals surface area contributed by atoms with Crippen LogP contribution in [0.2, 0.25) is 5.02 Å². The van der Waals surface area contributed by atoms with Crippen LogP contribution in [0.4, 0.5) is 27.1 Å². The number of hydrogen-bond donors (Lipinski definition) is 3. The van der Waals surface area contributed by atoms with Crippen LogP contribution in [0.5, 0.6) is 5.75 Å². The first kappa shape index (κ1) is 13.5. The van der Waals surface area contributed by atoms with Gasteiger partial charge in [0, 0.05) is 11.1 Å². The Morgan fingerprint density at radius 3 is 2.86 bits per heavy atom. The maximum Gasteiger partial charge on any atom is 0.262 e. The summed E-state index contributed by atoms with van der Waals surface area (Å²) < 4.78 is 19.0.